The predicted molar refractivity (Wildman–Crippen MR) is 89.5 cm³/mol. The van der Waals surface area contributed by atoms with E-state index < -0.39 is 0 Å². The molecule has 1 aliphatic heterocycles. The zero-order chi connectivity index (χ0) is 14.5. The second-order valence-corrected chi connectivity index (χ2v) is 6.37. The van der Waals surface area contributed by atoms with Crippen LogP contribution in [0.3, 0.4) is 0 Å². The first-order valence-electron chi connectivity index (χ1n) is 7.43. The zero-order valence-corrected chi connectivity index (χ0v) is 13.2. The Kier molecular flexibility index (Phi) is 4.84. The van der Waals surface area contributed by atoms with Crippen molar-refractivity contribution < 1.29 is 4.74 Å². The molecule has 1 atom stereocenters. The maximum atomic E-state index is 5.39. The highest BCUT2D eigenvalue weighted by atomic mass is 32.2. The number of rotatable bonds is 6. The number of para-hydroxylation sites is 1. The van der Waals surface area contributed by atoms with E-state index in [4.69, 9.17) is 4.74 Å². The van der Waals surface area contributed by atoms with Crippen LogP contribution in [0.2, 0.25) is 0 Å². The molecule has 0 saturated heterocycles. The first-order valence-corrected chi connectivity index (χ1v) is 8.41. The molecule has 1 heterocycles. The molecule has 0 aliphatic carbocycles. The number of thioether (sulfide) groups is 1. The number of hydrogen-bond donors (Lipinski definition) is 1. The number of fused-ring (bicyclic) bond motifs is 1. The van der Waals surface area contributed by atoms with Crippen LogP contribution in [-0.2, 0) is 6.42 Å². The number of ether oxygens (including phenoxy) is 1. The van der Waals surface area contributed by atoms with Crippen molar-refractivity contribution in [2.24, 2.45) is 0 Å². The lowest BCUT2D eigenvalue weighted by atomic mass is 10.0. The smallest absolute Gasteiger partial charge is 0.122 e. The number of methoxy groups -OCH3 is 1. The molecular formula is C18H21NOS. The van der Waals surface area contributed by atoms with Crippen LogP contribution < -0.4 is 10.1 Å². The third-order valence-electron chi connectivity index (χ3n) is 3.95. The molecule has 0 saturated carbocycles. The minimum absolute atomic E-state index is 0.642. The van der Waals surface area contributed by atoms with Crippen molar-refractivity contribution >= 4 is 11.8 Å². The van der Waals surface area contributed by atoms with Crippen LogP contribution in [0.4, 0.5) is 0 Å². The second kappa shape index (κ2) is 7.01. The Labute approximate surface area is 130 Å². The SMILES string of the molecule is COc1ccccc1CCNCC1CSc2ccccc21. The molecule has 2 aromatic rings. The quantitative estimate of drug-likeness (QED) is 0.822. The Morgan fingerprint density at radius 2 is 1.95 bits per heavy atom. The van der Waals surface area contributed by atoms with Gasteiger partial charge in [-0.25, -0.2) is 0 Å². The van der Waals surface area contributed by atoms with Gasteiger partial charge in [0.1, 0.15) is 5.75 Å². The standard InChI is InChI=1S/C18H21NOS/c1-20-17-8-4-2-6-14(17)10-11-19-12-15-13-21-18-9-5-3-7-16(15)18/h2-9,15,19H,10-13H2,1H3. The van der Waals surface area contributed by atoms with Crippen LogP contribution in [0.1, 0.15) is 17.0 Å². The van der Waals surface area contributed by atoms with E-state index in [9.17, 15) is 0 Å². The number of benzene rings is 2. The molecule has 3 heteroatoms. The molecule has 0 bridgehead atoms. The minimum atomic E-state index is 0.642. The summed E-state index contributed by atoms with van der Waals surface area (Å²) in [6.45, 7) is 2.04. The van der Waals surface area contributed by atoms with Gasteiger partial charge >= 0.3 is 0 Å². The van der Waals surface area contributed by atoms with Crippen molar-refractivity contribution in [3.8, 4) is 5.75 Å². The van der Waals surface area contributed by atoms with Crippen molar-refractivity contribution in [3.05, 3.63) is 59.7 Å². The molecule has 3 rings (SSSR count). The van der Waals surface area contributed by atoms with Crippen LogP contribution in [-0.4, -0.2) is 26.0 Å². The van der Waals surface area contributed by atoms with E-state index in [1.807, 2.05) is 23.9 Å². The fraction of sp³-hybridized carbons (Fsp3) is 0.333. The summed E-state index contributed by atoms with van der Waals surface area (Å²) in [4.78, 5) is 1.45. The molecule has 0 spiro atoms. The molecule has 21 heavy (non-hydrogen) atoms. The molecule has 2 nitrogen and oxygen atoms in total. The largest absolute Gasteiger partial charge is 0.496 e. The first-order chi connectivity index (χ1) is 10.4. The highest BCUT2D eigenvalue weighted by Gasteiger charge is 2.21. The normalized spacial score (nSPS) is 16.7. The van der Waals surface area contributed by atoms with Gasteiger partial charge in [-0.15, -0.1) is 11.8 Å². The summed E-state index contributed by atoms with van der Waals surface area (Å²) in [6.07, 6.45) is 1.01. The zero-order valence-electron chi connectivity index (χ0n) is 12.3. The van der Waals surface area contributed by atoms with Gasteiger partial charge in [0.2, 0.25) is 0 Å². The second-order valence-electron chi connectivity index (χ2n) is 5.31. The van der Waals surface area contributed by atoms with E-state index in [0.29, 0.717) is 5.92 Å². The molecule has 0 aromatic heterocycles. The molecule has 0 amide bonds. The van der Waals surface area contributed by atoms with Gasteiger partial charge in [-0.3, -0.25) is 0 Å². The monoisotopic (exact) mass is 299 g/mol. The first kappa shape index (κ1) is 14.5. The van der Waals surface area contributed by atoms with Gasteiger partial charge in [0, 0.05) is 23.1 Å². The Balaban J connectivity index is 1.49. The molecule has 0 radical (unpaired) electrons. The van der Waals surface area contributed by atoms with Crippen molar-refractivity contribution in [1.29, 1.82) is 0 Å². The average molecular weight is 299 g/mol. The molecular weight excluding hydrogens is 278 g/mol. The van der Waals surface area contributed by atoms with E-state index in [1.165, 1.54) is 21.8 Å². The molecule has 0 fully saturated rings. The lowest BCUT2D eigenvalue weighted by Crippen LogP contribution is -2.24. The van der Waals surface area contributed by atoms with Gasteiger partial charge in [-0.1, -0.05) is 36.4 Å². The summed E-state index contributed by atoms with van der Waals surface area (Å²) in [5, 5.41) is 3.60. The summed E-state index contributed by atoms with van der Waals surface area (Å²) in [5.41, 5.74) is 2.78. The van der Waals surface area contributed by atoms with Gasteiger partial charge < -0.3 is 10.1 Å². The van der Waals surface area contributed by atoms with E-state index in [-0.39, 0.29) is 0 Å². The van der Waals surface area contributed by atoms with Gasteiger partial charge in [0.05, 0.1) is 7.11 Å². The number of hydrogen-bond acceptors (Lipinski definition) is 3. The Hall–Kier alpha value is -1.45. The predicted octanol–water partition coefficient (Wildman–Crippen LogP) is 3.72. The maximum Gasteiger partial charge on any atom is 0.122 e. The third kappa shape index (κ3) is 3.42. The molecule has 1 N–H and O–H groups in total. The van der Waals surface area contributed by atoms with Gasteiger partial charge in [-0.05, 0) is 36.2 Å². The van der Waals surface area contributed by atoms with E-state index >= 15 is 0 Å². The fourth-order valence-electron chi connectivity index (χ4n) is 2.81. The summed E-state index contributed by atoms with van der Waals surface area (Å²) in [5.74, 6) is 2.83. The van der Waals surface area contributed by atoms with Crippen LogP contribution in [0, 0.1) is 0 Å². The molecule has 1 unspecified atom stereocenters. The van der Waals surface area contributed by atoms with E-state index in [0.717, 1.165) is 25.3 Å². The average Bonchev–Trinajstić information content (AvgIpc) is 2.95. The van der Waals surface area contributed by atoms with Crippen LogP contribution in [0.25, 0.3) is 0 Å². The molecule has 2 aromatic carbocycles. The lowest BCUT2D eigenvalue weighted by molar-refractivity contribution is 0.409. The molecule has 1 aliphatic rings. The van der Waals surface area contributed by atoms with Crippen molar-refractivity contribution in [3.63, 3.8) is 0 Å². The highest BCUT2D eigenvalue weighted by molar-refractivity contribution is 7.99. The van der Waals surface area contributed by atoms with E-state index in [2.05, 4.69) is 41.7 Å². The minimum Gasteiger partial charge on any atom is -0.496 e. The van der Waals surface area contributed by atoms with Crippen molar-refractivity contribution in [1.82, 2.24) is 5.32 Å². The van der Waals surface area contributed by atoms with Crippen LogP contribution >= 0.6 is 11.8 Å². The Bertz CT molecular complexity index is 599. The summed E-state index contributed by atoms with van der Waals surface area (Å²) in [7, 11) is 1.74. The summed E-state index contributed by atoms with van der Waals surface area (Å²) < 4.78 is 5.39. The topological polar surface area (TPSA) is 21.3 Å². The van der Waals surface area contributed by atoms with Crippen molar-refractivity contribution in [2.45, 2.75) is 17.2 Å². The summed E-state index contributed by atoms with van der Waals surface area (Å²) >= 11 is 1.98. The van der Waals surface area contributed by atoms with Crippen molar-refractivity contribution in [2.75, 3.05) is 26.0 Å². The van der Waals surface area contributed by atoms with E-state index in [1.54, 1.807) is 7.11 Å². The lowest BCUT2D eigenvalue weighted by Gasteiger charge is -2.13. The Morgan fingerprint density at radius 3 is 2.86 bits per heavy atom. The highest BCUT2D eigenvalue weighted by Crippen LogP contribution is 2.38. The fourth-order valence-corrected chi connectivity index (χ4v) is 4.06. The van der Waals surface area contributed by atoms with Gasteiger partial charge in [-0.2, -0.15) is 0 Å². The van der Waals surface area contributed by atoms with Gasteiger partial charge in [0.15, 0.2) is 0 Å². The summed E-state index contributed by atoms with van der Waals surface area (Å²) in [6, 6.07) is 17.0. The van der Waals surface area contributed by atoms with Crippen LogP contribution in [0.5, 0.6) is 5.75 Å². The van der Waals surface area contributed by atoms with Crippen LogP contribution in [0.15, 0.2) is 53.4 Å². The Morgan fingerprint density at radius 1 is 1.14 bits per heavy atom. The molecule has 110 valence electrons. The maximum absolute atomic E-state index is 5.39. The number of nitrogens with one attached hydrogen (secondary N) is 1. The van der Waals surface area contributed by atoms with Gasteiger partial charge in [0.25, 0.3) is 0 Å². The third-order valence-corrected chi connectivity index (χ3v) is 5.21.